The van der Waals surface area contributed by atoms with Crippen LogP contribution in [-0.2, 0) is 0 Å². The lowest BCUT2D eigenvalue weighted by Crippen LogP contribution is -2.41. The maximum absolute atomic E-state index is 10.9. The van der Waals surface area contributed by atoms with Gasteiger partial charge in [0.25, 0.3) is 0 Å². The third-order valence-corrected chi connectivity index (χ3v) is 9.54. The SMILES string of the molecule is Cc1nc(N[C@H](C)C2CC2)nc(N[C@@H]2C[C@@H]3C(C#N)[C@]3(O)[C@H]2O)c1-c1nc2c(C3CC3)nccc2s1. The van der Waals surface area contributed by atoms with Crippen LogP contribution < -0.4 is 10.6 Å². The van der Waals surface area contributed by atoms with E-state index in [-0.39, 0.29) is 12.0 Å². The molecule has 0 aliphatic heterocycles. The molecule has 7 rings (SSSR count). The topological polar surface area (TPSA) is 140 Å². The third-order valence-electron chi connectivity index (χ3n) is 8.50. The molecule has 36 heavy (non-hydrogen) atoms. The summed E-state index contributed by atoms with van der Waals surface area (Å²) >= 11 is 1.60. The number of fused-ring (bicyclic) bond motifs is 2. The van der Waals surface area contributed by atoms with Crippen LogP contribution in [0.4, 0.5) is 11.8 Å². The van der Waals surface area contributed by atoms with Crippen LogP contribution in [0.1, 0.15) is 56.3 Å². The Morgan fingerprint density at radius 3 is 2.69 bits per heavy atom. The maximum Gasteiger partial charge on any atom is 0.225 e. The fraction of sp³-hybridized carbons (Fsp3) is 0.577. The summed E-state index contributed by atoms with van der Waals surface area (Å²) in [4.78, 5) is 19.3. The summed E-state index contributed by atoms with van der Waals surface area (Å²) in [6, 6.07) is 4.01. The van der Waals surface area contributed by atoms with Crippen molar-refractivity contribution in [3.05, 3.63) is 23.7 Å². The standard InChI is InChI=1S/C26H29N7O2S/c1-11(13-3-4-13)29-25-30-12(2)19(24-32-21-18(36-24)7-8-28-20(21)14-5-6-14)23(33-25)31-17-9-15-16(10-27)26(15,35)22(17)34/h7-8,11,13-17,22,34-35H,3-6,9H2,1-2H3,(H2,29,30,31,33)/t11-,15-,16?,17-,22+,26+/m1/s1. The Morgan fingerprint density at radius 2 is 2.03 bits per heavy atom. The molecule has 0 saturated heterocycles. The Morgan fingerprint density at radius 1 is 1.22 bits per heavy atom. The molecule has 0 spiro atoms. The zero-order valence-electron chi connectivity index (χ0n) is 20.3. The number of nitrogens with one attached hydrogen (secondary N) is 2. The summed E-state index contributed by atoms with van der Waals surface area (Å²) in [5.74, 6) is 1.54. The van der Waals surface area contributed by atoms with Gasteiger partial charge in [0.2, 0.25) is 5.95 Å². The Bertz CT molecular complexity index is 1410. The van der Waals surface area contributed by atoms with Gasteiger partial charge >= 0.3 is 0 Å². The number of aliphatic hydroxyl groups is 2. The van der Waals surface area contributed by atoms with Gasteiger partial charge in [-0.15, -0.1) is 11.3 Å². The first-order valence-corrected chi connectivity index (χ1v) is 13.7. The van der Waals surface area contributed by atoms with Crippen molar-refractivity contribution in [3.8, 4) is 16.6 Å². The molecule has 1 unspecified atom stereocenters. The average Bonchev–Trinajstić information content (AvgIpc) is 3.76. The smallest absolute Gasteiger partial charge is 0.225 e. The molecular weight excluding hydrogens is 474 g/mol. The van der Waals surface area contributed by atoms with Crippen molar-refractivity contribution < 1.29 is 10.2 Å². The van der Waals surface area contributed by atoms with E-state index in [9.17, 15) is 15.5 Å². The van der Waals surface area contributed by atoms with Crippen LogP contribution in [0.25, 0.3) is 20.8 Å². The van der Waals surface area contributed by atoms with Gasteiger partial charge in [0.15, 0.2) is 0 Å². The first kappa shape index (κ1) is 22.3. The van der Waals surface area contributed by atoms with Gasteiger partial charge in [-0.3, -0.25) is 4.98 Å². The van der Waals surface area contributed by atoms with Gasteiger partial charge in [0.05, 0.1) is 39.7 Å². The number of aryl methyl sites for hydroxylation is 1. The van der Waals surface area contributed by atoms with E-state index >= 15 is 0 Å². The van der Waals surface area contributed by atoms with E-state index in [1.165, 1.54) is 12.8 Å². The molecule has 4 fully saturated rings. The molecule has 4 N–H and O–H groups in total. The van der Waals surface area contributed by atoms with Gasteiger partial charge in [0.1, 0.15) is 28.0 Å². The Labute approximate surface area is 213 Å². The van der Waals surface area contributed by atoms with E-state index in [0.29, 0.717) is 30.0 Å². The number of hydrogen-bond donors (Lipinski definition) is 4. The number of pyridine rings is 1. The molecule has 3 aromatic heterocycles. The summed E-state index contributed by atoms with van der Waals surface area (Å²) in [5, 5.41) is 38.8. The quantitative estimate of drug-likeness (QED) is 0.381. The highest BCUT2D eigenvalue weighted by atomic mass is 32.1. The number of aromatic nitrogens is 4. The molecule has 0 aromatic carbocycles. The molecule has 0 radical (unpaired) electrons. The minimum absolute atomic E-state index is 0.219. The van der Waals surface area contributed by atoms with Crippen molar-refractivity contribution >= 4 is 33.3 Å². The van der Waals surface area contributed by atoms with Crippen molar-refractivity contribution in [1.82, 2.24) is 19.9 Å². The monoisotopic (exact) mass is 503 g/mol. The van der Waals surface area contributed by atoms with E-state index in [0.717, 1.165) is 45.0 Å². The largest absolute Gasteiger partial charge is 0.388 e. The molecule has 0 amide bonds. The molecule has 4 saturated carbocycles. The number of anilines is 2. The summed E-state index contributed by atoms with van der Waals surface area (Å²) in [7, 11) is 0. The molecule has 3 heterocycles. The highest BCUT2D eigenvalue weighted by Crippen LogP contribution is 2.61. The molecule has 3 aromatic rings. The molecule has 6 atom stereocenters. The first-order valence-electron chi connectivity index (χ1n) is 12.9. The summed E-state index contributed by atoms with van der Waals surface area (Å²) in [6.45, 7) is 4.12. The van der Waals surface area contributed by atoms with E-state index in [2.05, 4.69) is 28.6 Å². The molecule has 0 bridgehead atoms. The average molecular weight is 504 g/mol. The molecule has 4 aliphatic rings. The number of nitriles is 1. The number of aliphatic hydroxyl groups excluding tert-OH is 1. The summed E-state index contributed by atoms with van der Waals surface area (Å²) < 4.78 is 1.09. The van der Waals surface area contributed by atoms with Crippen LogP contribution in [0.3, 0.4) is 0 Å². The second-order valence-electron chi connectivity index (χ2n) is 11.0. The van der Waals surface area contributed by atoms with Gasteiger partial charge in [-0.1, -0.05) is 0 Å². The maximum atomic E-state index is 10.9. The fourth-order valence-corrected chi connectivity index (χ4v) is 7.05. The van der Waals surface area contributed by atoms with Gasteiger partial charge in [-0.2, -0.15) is 10.2 Å². The van der Waals surface area contributed by atoms with Gasteiger partial charge in [-0.25, -0.2) is 9.97 Å². The van der Waals surface area contributed by atoms with Crippen LogP contribution in [0, 0.1) is 36.0 Å². The van der Waals surface area contributed by atoms with E-state index in [4.69, 9.17) is 15.0 Å². The molecular formula is C26H29N7O2S. The van der Waals surface area contributed by atoms with Crippen LogP contribution in [0.15, 0.2) is 12.3 Å². The first-order chi connectivity index (χ1) is 17.4. The molecule has 9 nitrogen and oxygen atoms in total. The van der Waals surface area contributed by atoms with Crippen LogP contribution in [0.5, 0.6) is 0 Å². The normalized spacial score (nSPS) is 31.6. The van der Waals surface area contributed by atoms with Crippen LogP contribution >= 0.6 is 11.3 Å². The highest BCUT2D eigenvalue weighted by molar-refractivity contribution is 7.21. The highest BCUT2D eigenvalue weighted by Gasteiger charge is 2.74. The lowest BCUT2D eigenvalue weighted by Gasteiger charge is -2.25. The summed E-state index contributed by atoms with van der Waals surface area (Å²) in [5.41, 5.74) is 2.28. The van der Waals surface area contributed by atoms with E-state index < -0.39 is 23.7 Å². The molecule has 186 valence electrons. The van der Waals surface area contributed by atoms with Crippen LogP contribution in [0.2, 0.25) is 0 Å². The molecule has 4 aliphatic carbocycles. The fourth-order valence-electron chi connectivity index (χ4n) is 5.98. The van der Waals surface area contributed by atoms with Gasteiger partial charge in [-0.05, 0) is 57.9 Å². The predicted octanol–water partition coefficient (Wildman–Crippen LogP) is 3.59. The second kappa shape index (κ2) is 7.81. The van der Waals surface area contributed by atoms with Crippen molar-refractivity contribution in [3.63, 3.8) is 0 Å². The second-order valence-corrected chi connectivity index (χ2v) is 12.0. The Kier molecular flexibility index (Phi) is 4.85. The molecule has 10 heteroatoms. The minimum Gasteiger partial charge on any atom is -0.388 e. The van der Waals surface area contributed by atoms with Gasteiger partial charge < -0.3 is 20.8 Å². The van der Waals surface area contributed by atoms with Gasteiger partial charge in [0, 0.05) is 24.1 Å². The number of thiazole rings is 1. The third kappa shape index (κ3) is 3.40. The minimum atomic E-state index is -1.34. The zero-order valence-corrected chi connectivity index (χ0v) is 21.1. The van der Waals surface area contributed by atoms with Crippen molar-refractivity contribution in [2.45, 2.75) is 75.7 Å². The summed E-state index contributed by atoms with van der Waals surface area (Å²) in [6.07, 6.45) is 6.07. The lowest BCUT2D eigenvalue weighted by molar-refractivity contribution is -0.00233. The number of nitrogens with zero attached hydrogens (tertiary/aromatic N) is 5. The van der Waals surface area contributed by atoms with Crippen molar-refractivity contribution in [2.24, 2.45) is 17.8 Å². The van der Waals surface area contributed by atoms with Crippen LogP contribution in [-0.4, -0.2) is 53.9 Å². The number of hydrogen-bond acceptors (Lipinski definition) is 10. The predicted molar refractivity (Wildman–Crippen MR) is 137 cm³/mol. The van der Waals surface area contributed by atoms with Crippen molar-refractivity contribution in [1.29, 1.82) is 5.26 Å². The van der Waals surface area contributed by atoms with Crippen molar-refractivity contribution in [2.75, 3.05) is 10.6 Å². The Hall–Kier alpha value is -2.87. The Balaban J connectivity index is 1.28. The number of rotatable bonds is 7. The van der Waals surface area contributed by atoms with E-state index in [1.54, 1.807) is 11.3 Å². The lowest BCUT2D eigenvalue weighted by atomic mass is 10.0. The zero-order chi connectivity index (χ0) is 24.8. The van der Waals surface area contributed by atoms with E-state index in [1.807, 2.05) is 19.2 Å².